The highest BCUT2D eigenvalue weighted by Crippen LogP contribution is 2.44. The number of benzene rings is 1. The molecular formula is C8I7NO. The lowest BCUT2D eigenvalue weighted by atomic mass is 10.2. The Balaban J connectivity index is 3.10. The van der Waals surface area contributed by atoms with E-state index in [1.54, 1.807) is 0 Å². The van der Waals surface area contributed by atoms with Crippen LogP contribution in [0.25, 0.3) is 10.9 Å². The number of rotatable bonds is 1. The van der Waals surface area contributed by atoms with E-state index in [0.717, 1.165) is 5.75 Å². The molecule has 0 aliphatic heterocycles. The van der Waals surface area contributed by atoms with E-state index in [1.165, 1.54) is 28.9 Å². The van der Waals surface area contributed by atoms with Gasteiger partial charge in [-0.25, -0.2) is 0 Å². The van der Waals surface area contributed by atoms with Crippen molar-refractivity contribution < 1.29 is 3.07 Å². The Hall–Kier alpha value is 3.67. The van der Waals surface area contributed by atoms with Crippen molar-refractivity contribution in [3.8, 4) is 5.75 Å². The largest absolute Gasteiger partial charge is 0.425 e. The van der Waals surface area contributed by atoms with Crippen LogP contribution in [0.15, 0.2) is 0 Å². The van der Waals surface area contributed by atoms with Crippen LogP contribution in [-0.4, -0.2) is 2.78 Å². The van der Waals surface area contributed by atoms with Crippen molar-refractivity contribution in [2.75, 3.05) is 0 Å². The van der Waals surface area contributed by atoms with E-state index in [1.807, 2.05) is 23.0 Å². The summed E-state index contributed by atoms with van der Waals surface area (Å²) in [4.78, 5) is 0. The molecule has 0 amide bonds. The van der Waals surface area contributed by atoms with Crippen LogP contribution < -0.4 is 3.07 Å². The van der Waals surface area contributed by atoms with Gasteiger partial charge in [0.1, 0.15) is 3.70 Å². The molecule has 2 aromatic rings. The summed E-state index contributed by atoms with van der Waals surface area (Å²) in [5.74, 6) is 0.972. The molecule has 0 aliphatic carbocycles. The molecule has 1 heterocycles. The third-order valence-electron chi connectivity index (χ3n) is 2.10. The summed E-state index contributed by atoms with van der Waals surface area (Å²) >= 11 is 16.2. The normalized spacial score (nSPS) is 11.2. The molecule has 2 rings (SSSR count). The second kappa shape index (κ2) is 6.84. The average molecular weight is 1010 g/mol. The molecule has 92 valence electrons. The van der Waals surface area contributed by atoms with Crippen LogP contribution >= 0.6 is 159 Å². The van der Waals surface area contributed by atoms with Crippen LogP contribution in [-0.2, 0) is 0 Å². The van der Waals surface area contributed by atoms with Crippen molar-refractivity contribution in [1.29, 1.82) is 0 Å². The minimum Gasteiger partial charge on any atom is -0.425 e. The predicted octanol–water partition coefficient (Wildman–Crippen LogP) is 6.59. The second-order valence-corrected chi connectivity index (χ2v) is 9.70. The highest BCUT2D eigenvalue weighted by atomic mass is 127. The van der Waals surface area contributed by atoms with Crippen LogP contribution in [0.2, 0.25) is 0 Å². The van der Waals surface area contributed by atoms with E-state index in [-0.39, 0.29) is 0 Å². The zero-order valence-corrected chi connectivity index (χ0v) is 22.6. The maximum Gasteiger partial charge on any atom is 0.192 e. The molecule has 0 unspecified atom stereocenters. The van der Waals surface area contributed by atoms with E-state index >= 15 is 0 Å². The molecule has 0 saturated carbocycles. The molecule has 17 heavy (non-hydrogen) atoms. The maximum absolute atomic E-state index is 5.50. The number of fused-ring (bicyclic) bond motifs is 1. The molecule has 0 radical (unpaired) electrons. The van der Waals surface area contributed by atoms with Crippen LogP contribution in [0, 0.1) is 18.0 Å². The molecule has 0 spiro atoms. The molecule has 1 aromatic heterocycles. The molecule has 0 fully saturated rings. The van der Waals surface area contributed by atoms with Gasteiger partial charge in [0.25, 0.3) is 0 Å². The summed E-state index contributed by atoms with van der Waals surface area (Å²) in [6, 6.07) is 0. The van der Waals surface area contributed by atoms with Gasteiger partial charge in [0.15, 0.2) is 28.8 Å². The Morgan fingerprint density at radius 2 is 1.41 bits per heavy atom. The maximum atomic E-state index is 5.50. The van der Waals surface area contributed by atoms with Gasteiger partial charge in [-0.3, -0.25) is 2.78 Å². The summed E-state index contributed by atoms with van der Waals surface area (Å²) < 4.78 is 13.9. The van der Waals surface area contributed by atoms with Gasteiger partial charge >= 0.3 is 0 Å². The van der Waals surface area contributed by atoms with Crippen LogP contribution in [0.4, 0.5) is 0 Å². The highest BCUT2D eigenvalue weighted by Gasteiger charge is 2.23. The fourth-order valence-corrected chi connectivity index (χ4v) is 8.90. The van der Waals surface area contributed by atoms with E-state index in [2.05, 4.69) is 139 Å². The van der Waals surface area contributed by atoms with Crippen LogP contribution in [0.5, 0.6) is 5.75 Å². The van der Waals surface area contributed by atoms with Gasteiger partial charge < -0.3 is 3.07 Å². The third-order valence-corrected chi connectivity index (χ3v) is 11.7. The van der Waals surface area contributed by atoms with E-state index in [0.29, 0.717) is 0 Å². The van der Waals surface area contributed by atoms with Crippen molar-refractivity contribution in [1.82, 2.24) is 2.78 Å². The van der Waals surface area contributed by atoms with Crippen LogP contribution in [0.3, 0.4) is 0 Å². The Labute approximate surface area is 194 Å². The van der Waals surface area contributed by atoms with Gasteiger partial charge in [-0.05, 0) is 113 Å². The monoisotopic (exact) mass is 1010 g/mol. The first-order chi connectivity index (χ1) is 7.91. The summed E-state index contributed by atoms with van der Waals surface area (Å²) in [6.45, 7) is 0. The number of nitrogens with zero attached hydrogens (tertiary/aromatic N) is 1. The first-order valence-electron chi connectivity index (χ1n) is 3.92. The standard InChI is InChI=1S/C8I7NO/c9-2-1-3(10)8(13)16(14)6(1)4(11)5(12)7(2)17-15. The topological polar surface area (TPSA) is 14.2 Å². The van der Waals surface area contributed by atoms with Gasteiger partial charge in [-0.15, -0.1) is 0 Å². The molecule has 0 N–H and O–H groups in total. The third kappa shape index (κ3) is 2.94. The molecule has 0 saturated heterocycles. The number of hydrogen-bond donors (Lipinski definition) is 0. The molecule has 2 nitrogen and oxygen atoms in total. The minimum absolute atomic E-state index is 0.972. The lowest BCUT2D eigenvalue weighted by molar-refractivity contribution is 0.706. The highest BCUT2D eigenvalue weighted by molar-refractivity contribution is 14.1. The molecular weight excluding hydrogens is 1010 g/mol. The van der Waals surface area contributed by atoms with E-state index in [4.69, 9.17) is 3.07 Å². The minimum atomic E-state index is 0.972. The smallest absolute Gasteiger partial charge is 0.192 e. The van der Waals surface area contributed by atoms with Crippen LogP contribution in [0.1, 0.15) is 0 Å². The Morgan fingerprint density at radius 3 is 1.94 bits per heavy atom. The van der Waals surface area contributed by atoms with Gasteiger partial charge in [0.05, 0.1) is 42.7 Å². The summed E-state index contributed by atoms with van der Waals surface area (Å²) in [5, 5.41) is 1.29. The molecule has 0 atom stereocenters. The summed E-state index contributed by atoms with van der Waals surface area (Å²) in [7, 11) is 0. The van der Waals surface area contributed by atoms with Crippen molar-refractivity contribution in [3.05, 3.63) is 18.0 Å². The van der Waals surface area contributed by atoms with Crippen molar-refractivity contribution in [3.63, 3.8) is 0 Å². The number of halogens is 7. The molecule has 1 aromatic carbocycles. The van der Waals surface area contributed by atoms with Crippen molar-refractivity contribution in [2.45, 2.75) is 0 Å². The Kier molecular flexibility index (Phi) is 6.85. The predicted molar refractivity (Wildman–Crippen MR) is 130 cm³/mol. The van der Waals surface area contributed by atoms with E-state index < -0.39 is 0 Å². The first kappa shape index (κ1) is 17.0. The van der Waals surface area contributed by atoms with Crippen molar-refractivity contribution in [2.24, 2.45) is 0 Å². The first-order valence-corrected chi connectivity index (χ1v) is 11.2. The van der Waals surface area contributed by atoms with Gasteiger partial charge in [0, 0.05) is 5.39 Å². The lowest BCUT2D eigenvalue weighted by Gasteiger charge is -2.09. The molecule has 0 bridgehead atoms. The zero-order valence-electron chi connectivity index (χ0n) is 7.50. The van der Waals surface area contributed by atoms with Gasteiger partial charge in [-0.1, -0.05) is 0 Å². The van der Waals surface area contributed by atoms with Gasteiger partial charge in [0.2, 0.25) is 0 Å². The van der Waals surface area contributed by atoms with E-state index in [9.17, 15) is 0 Å². The zero-order chi connectivity index (χ0) is 12.9. The summed E-state index contributed by atoms with van der Waals surface area (Å²) in [6.07, 6.45) is 0. The Bertz CT molecular complexity index is 621. The molecule has 0 aliphatic rings. The van der Waals surface area contributed by atoms with Crippen molar-refractivity contribution >= 4 is 170 Å². The van der Waals surface area contributed by atoms with Gasteiger partial charge in [-0.2, -0.15) is 0 Å². The quantitative estimate of drug-likeness (QED) is 0.233. The fraction of sp³-hybridized carbons (Fsp3) is 0. The fourth-order valence-electron chi connectivity index (χ4n) is 1.37. The SMILES string of the molecule is IOc1c(I)c(I)c2c(c1I)c(I)c(I)n2I. The Morgan fingerprint density at radius 1 is 0.824 bits per heavy atom. The summed E-state index contributed by atoms with van der Waals surface area (Å²) in [5.41, 5.74) is 1.28. The average Bonchev–Trinajstić information content (AvgIpc) is 2.52. The second-order valence-electron chi connectivity index (χ2n) is 2.96. The lowest BCUT2D eigenvalue weighted by Crippen LogP contribution is -1.93. The molecule has 9 heteroatoms. The number of hydrogen-bond acceptors (Lipinski definition) is 1. The number of aromatic nitrogens is 1.